The number of hydrogen-bond acceptors (Lipinski definition) is 11. The zero-order chi connectivity index (χ0) is 46.8. The molecule has 0 radical (unpaired) electrons. The van der Waals surface area contributed by atoms with Crippen molar-refractivity contribution in [1.29, 1.82) is 0 Å². The van der Waals surface area contributed by atoms with Crippen molar-refractivity contribution in [1.82, 2.24) is 16.0 Å². The Kier molecular flexibility index (Phi) is 17.5. The van der Waals surface area contributed by atoms with Crippen molar-refractivity contribution >= 4 is 41.9 Å². The SMILES string of the molecule is CCCc1cc(OC(C)=O)c([C@H]2C[C@@H](OC(C)=O)C[C@@H](COC(C)=O)O2)cc1Cc1ccc(/C=C/C(C)(C)C(=O)NC(C)(C)C(=O)NCC(C)(C)NC(=O)OC(C)(C)C)cc1C. The van der Waals surface area contributed by atoms with E-state index in [0.29, 0.717) is 30.6 Å². The summed E-state index contributed by atoms with van der Waals surface area (Å²) < 4.78 is 28.4. The maximum Gasteiger partial charge on any atom is 0.408 e. The molecule has 14 heteroatoms. The predicted octanol–water partition coefficient (Wildman–Crippen LogP) is 7.53. The van der Waals surface area contributed by atoms with E-state index in [1.807, 2.05) is 43.3 Å². The minimum Gasteiger partial charge on any atom is -0.463 e. The van der Waals surface area contributed by atoms with Crippen molar-refractivity contribution in [2.75, 3.05) is 13.2 Å². The smallest absolute Gasteiger partial charge is 0.408 e. The van der Waals surface area contributed by atoms with Crippen LogP contribution in [0.4, 0.5) is 4.79 Å². The second-order valence-corrected chi connectivity index (χ2v) is 18.9. The lowest BCUT2D eigenvalue weighted by molar-refractivity contribution is -0.169. The lowest BCUT2D eigenvalue weighted by Crippen LogP contribution is -2.60. The first-order valence-electron chi connectivity index (χ1n) is 21.3. The summed E-state index contributed by atoms with van der Waals surface area (Å²) in [7, 11) is 0. The first-order valence-corrected chi connectivity index (χ1v) is 21.3. The quantitative estimate of drug-likeness (QED) is 0.0812. The third kappa shape index (κ3) is 16.2. The van der Waals surface area contributed by atoms with Crippen LogP contribution >= 0.6 is 0 Å². The molecule has 1 heterocycles. The highest BCUT2D eigenvalue weighted by Gasteiger charge is 2.37. The highest BCUT2D eigenvalue weighted by atomic mass is 16.6. The number of nitrogens with one attached hydrogen (secondary N) is 3. The van der Waals surface area contributed by atoms with Gasteiger partial charge in [0.25, 0.3) is 0 Å². The summed E-state index contributed by atoms with van der Waals surface area (Å²) in [5.74, 6) is -1.75. The molecule has 2 aromatic carbocycles. The number of ether oxygens (including phenoxy) is 5. The van der Waals surface area contributed by atoms with E-state index in [1.54, 1.807) is 68.4 Å². The molecule has 1 fully saturated rings. The summed E-state index contributed by atoms with van der Waals surface area (Å²) in [5.41, 5.74) is 1.93. The second kappa shape index (κ2) is 21.2. The Balaban J connectivity index is 1.81. The molecule has 0 unspecified atom stereocenters. The number of aryl methyl sites for hydroxylation is 2. The van der Waals surface area contributed by atoms with Gasteiger partial charge in [0.1, 0.15) is 29.6 Å². The van der Waals surface area contributed by atoms with Gasteiger partial charge in [-0.2, -0.15) is 0 Å². The van der Waals surface area contributed by atoms with Crippen molar-refractivity contribution in [3.63, 3.8) is 0 Å². The number of carbonyl (C=O) groups excluding carboxylic acids is 6. The summed E-state index contributed by atoms with van der Waals surface area (Å²) in [6.45, 7) is 23.8. The first kappa shape index (κ1) is 51.1. The fourth-order valence-electron chi connectivity index (χ4n) is 6.92. The van der Waals surface area contributed by atoms with Gasteiger partial charge < -0.3 is 39.6 Å². The van der Waals surface area contributed by atoms with Crippen molar-refractivity contribution in [3.8, 4) is 5.75 Å². The number of esters is 3. The van der Waals surface area contributed by atoms with Crippen molar-refractivity contribution in [2.24, 2.45) is 5.41 Å². The van der Waals surface area contributed by atoms with Crippen LogP contribution < -0.4 is 20.7 Å². The molecule has 3 N–H and O–H groups in total. The van der Waals surface area contributed by atoms with Crippen LogP contribution in [0, 0.1) is 12.3 Å². The van der Waals surface area contributed by atoms with Crippen molar-refractivity contribution in [3.05, 3.63) is 69.8 Å². The Morgan fingerprint density at radius 2 is 1.48 bits per heavy atom. The Morgan fingerprint density at radius 3 is 2.06 bits per heavy atom. The van der Waals surface area contributed by atoms with Crippen molar-refractivity contribution in [2.45, 2.75) is 164 Å². The standard InChI is InChI=1S/C48H69N3O11/c1-15-16-35-24-40(60-32(5)54)39(41-26-37(59-31(4)53)25-38(61-41)27-58-30(3)52)23-36(35)22-34-18-17-33(21-29(34)2)19-20-46(9,10)42(55)50-48(13,14)43(56)49-28-47(11,12)51-44(57)62-45(6,7)8/h17-21,23-24,37-38,41H,15-16,22,25-28H2,1-14H3,(H,49,56)(H,50,55)(H,51,57)/b20-19+/t37-,38-,41+/m0/s1. The molecule has 1 aliphatic heterocycles. The van der Waals surface area contributed by atoms with Crippen LogP contribution in [0.5, 0.6) is 5.75 Å². The van der Waals surface area contributed by atoms with E-state index in [2.05, 4.69) is 22.9 Å². The van der Waals surface area contributed by atoms with Crippen LogP contribution in [0.3, 0.4) is 0 Å². The molecule has 0 aliphatic carbocycles. The first-order chi connectivity index (χ1) is 28.6. The highest BCUT2D eigenvalue weighted by molar-refractivity contribution is 5.93. The molecular weight excluding hydrogens is 795 g/mol. The zero-order valence-electron chi connectivity index (χ0n) is 39.2. The molecule has 1 aliphatic rings. The highest BCUT2D eigenvalue weighted by Crippen LogP contribution is 2.40. The van der Waals surface area contributed by atoms with E-state index < -0.39 is 70.3 Å². The van der Waals surface area contributed by atoms with Gasteiger partial charge in [-0.25, -0.2) is 4.79 Å². The molecule has 0 aromatic heterocycles. The van der Waals surface area contributed by atoms with E-state index in [0.717, 1.165) is 40.7 Å². The van der Waals surface area contributed by atoms with Gasteiger partial charge in [-0.15, -0.1) is 0 Å². The van der Waals surface area contributed by atoms with Gasteiger partial charge in [-0.1, -0.05) is 43.7 Å². The van der Waals surface area contributed by atoms with Gasteiger partial charge in [0.2, 0.25) is 11.8 Å². The number of alkyl carbamates (subject to hydrolysis) is 1. The lowest BCUT2D eigenvalue weighted by atomic mass is 9.88. The number of hydrogen-bond donors (Lipinski definition) is 3. The monoisotopic (exact) mass is 863 g/mol. The molecule has 14 nitrogen and oxygen atoms in total. The van der Waals surface area contributed by atoms with Gasteiger partial charge in [0.15, 0.2) is 0 Å². The molecule has 62 heavy (non-hydrogen) atoms. The third-order valence-electron chi connectivity index (χ3n) is 10.2. The molecule has 342 valence electrons. The Hall–Kier alpha value is -5.24. The summed E-state index contributed by atoms with van der Waals surface area (Å²) in [6, 6.07) is 9.98. The van der Waals surface area contributed by atoms with Crippen LogP contribution in [0.15, 0.2) is 36.4 Å². The molecule has 3 rings (SSSR count). The topological polar surface area (TPSA) is 185 Å². The molecule has 1 saturated heterocycles. The summed E-state index contributed by atoms with van der Waals surface area (Å²) >= 11 is 0. The third-order valence-corrected chi connectivity index (χ3v) is 10.2. The predicted molar refractivity (Wildman–Crippen MR) is 236 cm³/mol. The van der Waals surface area contributed by atoms with E-state index >= 15 is 0 Å². The van der Waals surface area contributed by atoms with Gasteiger partial charge in [0.05, 0.1) is 23.2 Å². The minimum absolute atomic E-state index is 0.0130. The number of amides is 3. The maximum atomic E-state index is 13.6. The van der Waals surface area contributed by atoms with E-state index in [4.69, 9.17) is 23.7 Å². The van der Waals surface area contributed by atoms with Crippen molar-refractivity contribution < 1.29 is 52.5 Å². The molecular formula is C48H69N3O11. The molecule has 0 bridgehead atoms. The summed E-state index contributed by atoms with van der Waals surface area (Å²) in [6.07, 6.45) is 4.25. The van der Waals surface area contributed by atoms with E-state index in [-0.39, 0.29) is 19.1 Å². The van der Waals surface area contributed by atoms with Crippen LogP contribution in [-0.4, -0.2) is 77.9 Å². The molecule has 2 aromatic rings. The summed E-state index contributed by atoms with van der Waals surface area (Å²) in [5, 5.41) is 8.47. The van der Waals surface area contributed by atoms with Crippen LogP contribution in [0.25, 0.3) is 6.08 Å². The van der Waals surface area contributed by atoms with E-state index in [9.17, 15) is 28.8 Å². The fraction of sp³-hybridized carbons (Fsp3) is 0.583. The summed E-state index contributed by atoms with van der Waals surface area (Å²) in [4.78, 5) is 75.1. The number of carbonyl (C=O) groups is 6. The molecule has 3 atom stereocenters. The molecule has 0 saturated carbocycles. The van der Waals surface area contributed by atoms with Gasteiger partial charge in [0, 0.05) is 45.7 Å². The largest absolute Gasteiger partial charge is 0.463 e. The molecule has 0 spiro atoms. The zero-order valence-corrected chi connectivity index (χ0v) is 39.2. The van der Waals surface area contributed by atoms with Crippen LogP contribution in [0.1, 0.15) is 149 Å². The maximum absolute atomic E-state index is 13.6. The Morgan fingerprint density at radius 1 is 0.806 bits per heavy atom. The average Bonchev–Trinajstić information content (AvgIpc) is 3.12. The fourth-order valence-corrected chi connectivity index (χ4v) is 6.92. The van der Waals surface area contributed by atoms with Gasteiger partial charge in [-0.3, -0.25) is 24.0 Å². The number of rotatable bonds is 17. The lowest BCUT2D eigenvalue weighted by Gasteiger charge is -2.35. The van der Waals surface area contributed by atoms with Gasteiger partial charge in [-0.05, 0) is 122 Å². The van der Waals surface area contributed by atoms with E-state index in [1.165, 1.54) is 20.8 Å². The number of benzene rings is 2. The van der Waals surface area contributed by atoms with Crippen LogP contribution in [0.2, 0.25) is 0 Å². The second-order valence-electron chi connectivity index (χ2n) is 18.9. The van der Waals surface area contributed by atoms with Gasteiger partial charge >= 0.3 is 24.0 Å². The van der Waals surface area contributed by atoms with Crippen LogP contribution in [-0.2, 0) is 55.8 Å². The Bertz CT molecular complexity index is 1990. The Labute approximate surface area is 367 Å². The minimum atomic E-state index is -1.26. The average molecular weight is 864 g/mol. The normalized spacial score (nSPS) is 17.2. The molecule has 3 amide bonds.